The molecule has 2 fully saturated rings. The number of halogens is 4. The van der Waals surface area contributed by atoms with Crippen LogP contribution in [0.3, 0.4) is 0 Å². The van der Waals surface area contributed by atoms with E-state index >= 15 is 0 Å². The molecule has 3 rings (SSSR count). The van der Waals surface area contributed by atoms with Gasteiger partial charge in [-0.2, -0.15) is 9.84 Å². The molecule has 1 heterocycles. The van der Waals surface area contributed by atoms with E-state index in [9.17, 15) is 9.18 Å². The van der Waals surface area contributed by atoms with Crippen molar-refractivity contribution in [1.82, 2.24) is 9.84 Å². The van der Waals surface area contributed by atoms with E-state index in [0.29, 0.717) is 11.6 Å². The quantitative estimate of drug-likeness (QED) is 0.529. The van der Waals surface area contributed by atoms with Gasteiger partial charge in [-0.15, -0.1) is 0 Å². The molecule has 132 valence electrons. The molecule has 1 aromatic carbocycles. The van der Waals surface area contributed by atoms with Gasteiger partial charge in [-0.3, -0.25) is 4.90 Å². The monoisotopic (exact) mass is 411 g/mol. The maximum Gasteiger partial charge on any atom is 0.350 e. The highest BCUT2D eigenvalue weighted by atomic mass is 35.6. The summed E-state index contributed by atoms with van der Waals surface area (Å²) in [6.07, 6.45) is 5.28. The Hall–Kier alpha value is -0.400. The molecule has 1 atom stereocenters. The number of hydrogen-bond acceptors (Lipinski definition) is 3. The first kappa shape index (κ1) is 18.4. The highest BCUT2D eigenvalue weighted by molar-refractivity contribution is 8.03. The molecule has 1 aliphatic heterocycles. The summed E-state index contributed by atoms with van der Waals surface area (Å²) in [5.74, 6) is -0.0474. The van der Waals surface area contributed by atoms with Crippen molar-refractivity contribution in [2.24, 2.45) is 5.92 Å². The van der Waals surface area contributed by atoms with Gasteiger partial charge in [0.1, 0.15) is 12.0 Å². The Morgan fingerprint density at radius 3 is 2.33 bits per heavy atom. The van der Waals surface area contributed by atoms with Crippen molar-refractivity contribution >= 4 is 58.5 Å². The normalized spacial score (nSPS) is 23.2. The summed E-state index contributed by atoms with van der Waals surface area (Å²) in [5.41, 5.74) is 3.78. The summed E-state index contributed by atoms with van der Waals surface area (Å²) in [5, 5.41) is 0. The number of nitrogens with one attached hydrogen (secondary N) is 1. The Kier molecular flexibility index (Phi) is 5.72. The summed E-state index contributed by atoms with van der Waals surface area (Å²) >= 11 is 18.3. The minimum absolute atomic E-state index is 0.233. The summed E-state index contributed by atoms with van der Waals surface area (Å²) in [6.45, 7) is 0. The zero-order valence-corrected chi connectivity index (χ0v) is 15.8. The van der Waals surface area contributed by atoms with Crippen LogP contribution in [0.4, 0.5) is 14.9 Å². The Labute approximate surface area is 159 Å². The highest BCUT2D eigenvalue weighted by Crippen LogP contribution is 2.43. The Morgan fingerprint density at radius 2 is 1.75 bits per heavy atom. The number of hydrogen-bond donors (Lipinski definition) is 1. The van der Waals surface area contributed by atoms with E-state index in [1.54, 1.807) is 17.0 Å². The standard InChI is InChI=1S/C15H17Cl3FN3OS/c16-15(17,18)24-22-14(23)21(12-8-6-11(19)7-9-12)13(20-22)10-4-2-1-3-5-10/h6-10,13,20H,1-5H2. The summed E-state index contributed by atoms with van der Waals surface area (Å²) in [6, 6.07) is 5.53. The van der Waals surface area contributed by atoms with Gasteiger partial charge in [-0.25, -0.2) is 9.18 Å². The van der Waals surface area contributed by atoms with E-state index in [1.807, 2.05) is 0 Å². The Morgan fingerprint density at radius 1 is 1.12 bits per heavy atom. The van der Waals surface area contributed by atoms with E-state index in [4.69, 9.17) is 34.8 Å². The van der Waals surface area contributed by atoms with Gasteiger partial charge >= 0.3 is 6.03 Å². The van der Waals surface area contributed by atoms with Gasteiger partial charge in [-0.1, -0.05) is 54.1 Å². The van der Waals surface area contributed by atoms with Crippen molar-refractivity contribution < 1.29 is 9.18 Å². The third-order valence-corrected chi connectivity index (χ3v) is 5.58. The van der Waals surface area contributed by atoms with Gasteiger partial charge in [0.2, 0.25) is 0 Å². The van der Waals surface area contributed by atoms with Crippen LogP contribution < -0.4 is 10.3 Å². The molecule has 0 spiro atoms. The molecule has 1 unspecified atom stereocenters. The number of urea groups is 1. The van der Waals surface area contributed by atoms with E-state index < -0.39 is 3.12 Å². The van der Waals surface area contributed by atoms with E-state index in [0.717, 1.165) is 37.6 Å². The van der Waals surface area contributed by atoms with Crippen LogP contribution in [-0.2, 0) is 0 Å². The van der Waals surface area contributed by atoms with Crippen molar-refractivity contribution in [3.8, 4) is 0 Å². The van der Waals surface area contributed by atoms with Crippen LogP contribution in [0, 0.1) is 11.7 Å². The predicted molar refractivity (Wildman–Crippen MR) is 97.5 cm³/mol. The number of rotatable bonds is 3. The fraction of sp³-hybridized carbons (Fsp3) is 0.533. The molecule has 2 amide bonds. The van der Waals surface area contributed by atoms with Gasteiger partial charge < -0.3 is 0 Å². The maximum absolute atomic E-state index is 13.2. The number of amides is 2. The third kappa shape index (κ3) is 4.22. The van der Waals surface area contributed by atoms with Crippen molar-refractivity contribution in [2.75, 3.05) is 4.90 Å². The molecule has 0 aromatic heterocycles. The lowest BCUT2D eigenvalue weighted by atomic mass is 9.86. The van der Waals surface area contributed by atoms with Crippen molar-refractivity contribution in [3.05, 3.63) is 30.1 Å². The molecule has 9 heteroatoms. The minimum atomic E-state index is -1.65. The largest absolute Gasteiger partial charge is 0.350 e. The van der Waals surface area contributed by atoms with Crippen LogP contribution in [0.1, 0.15) is 32.1 Å². The molecule has 1 saturated carbocycles. The fourth-order valence-electron chi connectivity index (χ4n) is 3.26. The molecule has 1 aromatic rings. The van der Waals surface area contributed by atoms with Gasteiger partial charge in [0, 0.05) is 17.6 Å². The van der Waals surface area contributed by atoms with Crippen molar-refractivity contribution in [3.63, 3.8) is 0 Å². The molecule has 1 N–H and O–H groups in total. The molecule has 0 bridgehead atoms. The first-order valence-electron chi connectivity index (χ1n) is 7.76. The minimum Gasteiger partial charge on any atom is -0.275 e. The molecule has 4 nitrogen and oxygen atoms in total. The number of nitrogens with zero attached hydrogens (tertiary/aromatic N) is 2. The van der Waals surface area contributed by atoms with Crippen LogP contribution in [-0.4, -0.2) is 19.7 Å². The second kappa shape index (κ2) is 7.46. The van der Waals surface area contributed by atoms with Gasteiger partial charge in [0.15, 0.2) is 0 Å². The van der Waals surface area contributed by atoms with Crippen LogP contribution in [0.25, 0.3) is 0 Å². The van der Waals surface area contributed by atoms with Gasteiger partial charge in [0.05, 0.1) is 0 Å². The Balaban J connectivity index is 1.87. The predicted octanol–water partition coefficient (Wildman–Crippen LogP) is 5.45. The molecule has 1 aliphatic carbocycles. The van der Waals surface area contributed by atoms with E-state index in [1.165, 1.54) is 23.0 Å². The van der Waals surface area contributed by atoms with Crippen LogP contribution >= 0.6 is 46.8 Å². The van der Waals surface area contributed by atoms with E-state index in [-0.39, 0.29) is 18.0 Å². The first-order chi connectivity index (χ1) is 11.3. The average Bonchev–Trinajstić information content (AvgIpc) is 2.84. The number of carbonyl (C=O) groups excluding carboxylic acids is 1. The molecule has 24 heavy (non-hydrogen) atoms. The van der Waals surface area contributed by atoms with Gasteiger partial charge in [-0.05, 0) is 43.0 Å². The average molecular weight is 413 g/mol. The molecular weight excluding hydrogens is 396 g/mol. The van der Waals surface area contributed by atoms with E-state index in [2.05, 4.69) is 5.43 Å². The smallest absolute Gasteiger partial charge is 0.275 e. The van der Waals surface area contributed by atoms with Crippen LogP contribution in [0.15, 0.2) is 24.3 Å². The fourth-order valence-corrected chi connectivity index (χ4v) is 4.41. The number of carbonyl (C=O) groups is 1. The summed E-state index contributed by atoms with van der Waals surface area (Å²) in [7, 11) is 0. The zero-order valence-electron chi connectivity index (χ0n) is 12.7. The second-order valence-corrected chi connectivity index (χ2v) is 10.0. The molecular formula is C15H17Cl3FN3OS. The zero-order chi connectivity index (χ0) is 17.3. The number of alkyl halides is 3. The highest BCUT2D eigenvalue weighted by Gasteiger charge is 2.45. The topological polar surface area (TPSA) is 35.6 Å². The first-order valence-corrected chi connectivity index (χ1v) is 9.67. The SMILES string of the molecule is O=C1N(SC(Cl)(Cl)Cl)NC(C2CCCCC2)N1c1ccc(F)cc1. The lowest BCUT2D eigenvalue weighted by Crippen LogP contribution is -2.44. The second-order valence-electron chi connectivity index (χ2n) is 5.93. The van der Waals surface area contributed by atoms with Gasteiger partial charge in [0.25, 0.3) is 3.12 Å². The Bertz CT molecular complexity index is 593. The third-order valence-electron chi connectivity index (χ3n) is 4.30. The van der Waals surface area contributed by atoms with Crippen molar-refractivity contribution in [2.45, 2.75) is 41.4 Å². The molecule has 0 radical (unpaired) electrons. The molecule has 1 saturated heterocycles. The maximum atomic E-state index is 13.2. The number of hydrazine groups is 1. The summed E-state index contributed by atoms with van der Waals surface area (Å²) in [4.78, 5) is 14.4. The van der Waals surface area contributed by atoms with Crippen LogP contribution in [0.2, 0.25) is 0 Å². The number of anilines is 1. The molecule has 2 aliphatic rings. The van der Waals surface area contributed by atoms with Crippen LogP contribution in [0.5, 0.6) is 0 Å². The summed E-state index contributed by atoms with van der Waals surface area (Å²) < 4.78 is 12.8. The lowest BCUT2D eigenvalue weighted by Gasteiger charge is -2.32. The lowest BCUT2D eigenvalue weighted by molar-refractivity contribution is 0.234. The van der Waals surface area contributed by atoms with Crippen molar-refractivity contribution in [1.29, 1.82) is 0 Å². The number of benzene rings is 1.